The van der Waals surface area contributed by atoms with Gasteiger partial charge in [-0.25, -0.2) is 0 Å². The zero-order valence-corrected chi connectivity index (χ0v) is 15.1. The molecule has 2 aliphatic carbocycles. The summed E-state index contributed by atoms with van der Waals surface area (Å²) in [5.41, 5.74) is 0. The van der Waals surface area contributed by atoms with Gasteiger partial charge in [-0.2, -0.15) is 0 Å². The van der Waals surface area contributed by atoms with Crippen LogP contribution < -0.4 is 0 Å². The molecule has 0 amide bonds. The molecule has 0 aliphatic heterocycles. The third-order valence-electron chi connectivity index (χ3n) is 3.99. The number of hydrogen-bond acceptors (Lipinski definition) is 4. The molecule has 0 unspecified atom stereocenters. The number of rotatable bonds is 8. The Morgan fingerprint density at radius 3 is 1.29 bits per heavy atom. The van der Waals surface area contributed by atoms with Gasteiger partial charge in [0.1, 0.15) is 0 Å². The van der Waals surface area contributed by atoms with E-state index in [1.54, 1.807) is 0 Å². The largest absolute Gasteiger partial charge is 0.680 e. The van der Waals surface area contributed by atoms with Crippen LogP contribution in [0, 0.1) is 0 Å². The lowest BCUT2D eigenvalue weighted by molar-refractivity contribution is -0.0941. The minimum Gasteiger partial charge on any atom is -0.349 e. The lowest BCUT2D eigenvalue weighted by atomic mass is 10.3. The van der Waals surface area contributed by atoms with Crippen molar-refractivity contribution in [1.82, 2.24) is 0 Å². The molecule has 2 saturated carbocycles. The fraction of sp³-hybridized carbons (Fsp3) is 1.00. The van der Waals surface area contributed by atoms with E-state index in [1.807, 2.05) is 27.7 Å². The van der Waals surface area contributed by atoms with E-state index >= 15 is 0 Å². The lowest BCUT2D eigenvalue weighted by Crippen LogP contribution is -2.55. The van der Waals surface area contributed by atoms with Crippen LogP contribution in [0.2, 0.25) is 0 Å². The molecule has 0 aromatic heterocycles. The lowest BCUT2D eigenvalue weighted by Gasteiger charge is -2.35. The summed E-state index contributed by atoms with van der Waals surface area (Å²) in [4.78, 5) is 0. The average Bonchev–Trinajstić information content (AvgIpc) is 3.00. The average molecular weight is 317 g/mol. The van der Waals surface area contributed by atoms with Gasteiger partial charge >= 0.3 is 9.05 Å². The normalized spacial score (nSPS) is 22.0. The standard InChI is InChI=1S/C16H32O4Si/c1-13(2)17-21(18-14(3)4,19-15-9-5-6-10-15)20-16-11-7-8-12-16/h13-16H,5-12H2,1-4H3. The first kappa shape index (κ1) is 17.4. The predicted octanol–water partition coefficient (Wildman–Crippen LogP) is 4.19. The molecule has 21 heavy (non-hydrogen) atoms. The Balaban J connectivity index is 2.08. The Bertz CT molecular complexity index is 267. The van der Waals surface area contributed by atoms with Gasteiger partial charge in [0.25, 0.3) is 0 Å². The van der Waals surface area contributed by atoms with Crippen LogP contribution in [0.4, 0.5) is 0 Å². The van der Waals surface area contributed by atoms with Crippen molar-refractivity contribution in [2.75, 3.05) is 0 Å². The van der Waals surface area contributed by atoms with Crippen molar-refractivity contribution in [3.05, 3.63) is 0 Å². The van der Waals surface area contributed by atoms with Crippen molar-refractivity contribution in [1.29, 1.82) is 0 Å². The van der Waals surface area contributed by atoms with Gasteiger partial charge < -0.3 is 17.7 Å². The fourth-order valence-corrected chi connectivity index (χ4v) is 5.94. The van der Waals surface area contributed by atoms with Gasteiger partial charge in [-0.3, -0.25) is 0 Å². The molecule has 0 heterocycles. The molecule has 4 nitrogen and oxygen atoms in total. The van der Waals surface area contributed by atoms with E-state index in [-0.39, 0.29) is 24.4 Å². The second-order valence-corrected chi connectivity index (χ2v) is 8.82. The summed E-state index contributed by atoms with van der Waals surface area (Å²) in [6.07, 6.45) is 9.96. The van der Waals surface area contributed by atoms with Gasteiger partial charge in [0, 0.05) is 12.2 Å². The summed E-state index contributed by atoms with van der Waals surface area (Å²) in [6, 6.07) is 0. The summed E-state index contributed by atoms with van der Waals surface area (Å²) in [5, 5.41) is 0. The molecule has 0 bridgehead atoms. The Labute approximate surface area is 131 Å². The van der Waals surface area contributed by atoms with Crippen molar-refractivity contribution < 1.29 is 17.7 Å². The zero-order valence-electron chi connectivity index (χ0n) is 14.1. The summed E-state index contributed by atoms with van der Waals surface area (Å²) < 4.78 is 25.0. The van der Waals surface area contributed by atoms with Gasteiger partial charge in [0.15, 0.2) is 0 Å². The first-order chi connectivity index (χ1) is 9.99. The third kappa shape index (κ3) is 5.64. The van der Waals surface area contributed by atoms with Crippen molar-refractivity contribution >= 4 is 9.05 Å². The van der Waals surface area contributed by atoms with Crippen LogP contribution in [-0.4, -0.2) is 33.5 Å². The van der Waals surface area contributed by atoms with E-state index in [2.05, 4.69) is 0 Å². The van der Waals surface area contributed by atoms with Gasteiger partial charge in [0.2, 0.25) is 0 Å². The van der Waals surface area contributed by atoms with E-state index in [9.17, 15) is 0 Å². The van der Waals surface area contributed by atoms with Gasteiger partial charge in [-0.15, -0.1) is 0 Å². The smallest absolute Gasteiger partial charge is 0.349 e. The summed E-state index contributed by atoms with van der Waals surface area (Å²) >= 11 is 0. The molecule has 0 spiro atoms. The van der Waals surface area contributed by atoms with Crippen LogP contribution >= 0.6 is 0 Å². The molecule has 2 aliphatic rings. The van der Waals surface area contributed by atoms with Crippen LogP contribution in [0.25, 0.3) is 0 Å². The SMILES string of the molecule is CC(C)O[Si](OC(C)C)(OC1CCCC1)OC1CCCC1. The van der Waals surface area contributed by atoms with Crippen LogP contribution in [0.5, 0.6) is 0 Å². The highest BCUT2D eigenvalue weighted by atomic mass is 28.4. The first-order valence-corrected chi connectivity index (χ1v) is 10.3. The minimum atomic E-state index is -3.05. The second-order valence-electron chi connectivity index (χ2n) is 6.88. The van der Waals surface area contributed by atoms with Gasteiger partial charge in [-0.1, -0.05) is 25.7 Å². The maximum Gasteiger partial charge on any atom is 0.680 e. The van der Waals surface area contributed by atoms with Crippen LogP contribution in [0.1, 0.15) is 79.1 Å². The highest BCUT2D eigenvalue weighted by molar-refractivity contribution is 6.53. The Morgan fingerprint density at radius 2 is 1.00 bits per heavy atom. The van der Waals surface area contributed by atoms with E-state index in [0.29, 0.717) is 0 Å². The molecule has 0 aromatic rings. The Morgan fingerprint density at radius 1 is 0.667 bits per heavy atom. The van der Waals surface area contributed by atoms with E-state index in [1.165, 1.54) is 25.7 Å². The zero-order chi connectivity index (χ0) is 15.3. The molecule has 0 saturated heterocycles. The highest BCUT2D eigenvalue weighted by Gasteiger charge is 2.51. The molecule has 0 N–H and O–H groups in total. The van der Waals surface area contributed by atoms with Crippen molar-refractivity contribution in [2.45, 2.75) is 103 Å². The molecule has 0 radical (unpaired) electrons. The molecule has 2 fully saturated rings. The fourth-order valence-electron chi connectivity index (χ4n) is 3.16. The molecule has 0 aromatic carbocycles. The highest BCUT2D eigenvalue weighted by Crippen LogP contribution is 2.31. The maximum absolute atomic E-state index is 6.35. The monoisotopic (exact) mass is 316 g/mol. The Kier molecular flexibility index (Phi) is 6.68. The topological polar surface area (TPSA) is 36.9 Å². The Hall–Kier alpha value is 0.0569. The van der Waals surface area contributed by atoms with E-state index in [0.717, 1.165) is 25.7 Å². The van der Waals surface area contributed by atoms with Crippen molar-refractivity contribution in [3.8, 4) is 0 Å². The predicted molar refractivity (Wildman–Crippen MR) is 84.9 cm³/mol. The van der Waals surface area contributed by atoms with Crippen molar-refractivity contribution in [2.24, 2.45) is 0 Å². The van der Waals surface area contributed by atoms with E-state index in [4.69, 9.17) is 17.7 Å². The minimum absolute atomic E-state index is 0.0539. The van der Waals surface area contributed by atoms with Gasteiger partial charge in [-0.05, 0) is 53.4 Å². The summed E-state index contributed by atoms with van der Waals surface area (Å²) in [5.74, 6) is 0. The molecule has 2 rings (SSSR count). The van der Waals surface area contributed by atoms with E-state index < -0.39 is 9.05 Å². The van der Waals surface area contributed by atoms with Crippen molar-refractivity contribution in [3.63, 3.8) is 0 Å². The van der Waals surface area contributed by atoms with Crippen LogP contribution in [0.15, 0.2) is 0 Å². The van der Waals surface area contributed by atoms with Crippen LogP contribution in [-0.2, 0) is 17.7 Å². The second kappa shape index (κ2) is 8.06. The third-order valence-corrected chi connectivity index (χ3v) is 6.75. The van der Waals surface area contributed by atoms with Gasteiger partial charge in [0.05, 0.1) is 12.2 Å². The molecular weight excluding hydrogens is 284 g/mol. The molecule has 5 heteroatoms. The first-order valence-electron chi connectivity index (χ1n) is 8.70. The molecule has 0 atom stereocenters. The maximum atomic E-state index is 6.35. The van der Waals surface area contributed by atoms with Crippen LogP contribution in [0.3, 0.4) is 0 Å². The number of hydrogen-bond donors (Lipinski definition) is 0. The summed E-state index contributed by atoms with van der Waals surface area (Å²) in [7, 11) is -3.05. The quantitative estimate of drug-likeness (QED) is 0.629. The molecule has 124 valence electrons. The summed E-state index contributed by atoms with van der Waals surface area (Å²) in [6.45, 7) is 8.12. The molecular formula is C16H32O4Si.